The highest BCUT2D eigenvalue weighted by Crippen LogP contribution is 2.36. The Morgan fingerprint density at radius 1 is 0.412 bits per heavy atom. The first kappa shape index (κ1) is 82.4. The van der Waals surface area contributed by atoms with Gasteiger partial charge in [-0.25, -0.2) is 53.2 Å². The maximum atomic E-state index is 9.62. The molecule has 0 atom stereocenters. The molecule has 0 radical (unpaired) electrons. The van der Waals surface area contributed by atoms with Crippen LogP contribution in [0.25, 0.3) is 60.1 Å². The fraction of sp³-hybridized carbons (Fsp3) is 0.121. The van der Waals surface area contributed by atoms with Crippen molar-refractivity contribution in [2.24, 2.45) is 5.90 Å². The molecule has 584 valence electrons. The molecule has 16 rings (SSSR count). The van der Waals surface area contributed by atoms with E-state index in [1.807, 2.05) is 125 Å². The van der Waals surface area contributed by atoms with Gasteiger partial charge in [0.15, 0.2) is 5.69 Å². The third-order valence-corrected chi connectivity index (χ3v) is 18.9. The summed E-state index contributed by atoms with van der Waals surface area (Å²) >= 11 is 0.618. The first-order chi connectivity index (χ1) is 57.9. The Bertz CT molecular complexity index is 6300. The lowest BCUT2D eigenvalue weighted by Crippen LogP contribution is -2.15. The van der Waals surface area contributed by atoms with Crippen LogP contribution in [-0.2, 0) is 52.9 Å². The SMILES string of the molecule is CC(C)(C#N)c1cc(Cn2cncn2)cc(-c2ccc3ccccc3c2)c1.CC(C)(C#N)c1cc(Cn2cncn2)cc(-c2cccc(C#N)c2)c1.N#Cc1ccc(-c2ccc(C#N)c(Cn3cncn3)c2)cc1.NOOSOc1ccc(Oc2cccc(Cn3cncn3)c2)cc1.[C-]#[N+]c1ccc(Cn2cncn2)cc1-c1ccc(O)cc1. The molecule has 0 fully saturated rings. The van der Waals surface area contributed by atoms with E-state index in [0.717, 1.165) is 89.2 Å². The van der Waals surface area contributed by atoms with Gasteiger partial charge in [-0.15, -0.1) is 9.32 Å². The minimum absolute atomic E-state index is 0.210. The molecule has 0 aliphatic rings. The van der Waals surface area contributed by atoms with Crippen molar-refractivity contribution in [2.45, 2.75) is 71.2 Å². The zero-order chi connectivity index (χ0) is 83.4. The van der Waals surface area contributed by atoms with E-state index in [1.165, 1.54) is 42.4 Å². The van der Waals surface area contributed by atoms with Gasteiger partial charge >= 0.3 is 0 Å². The van der Waals surface area contributed by atoms with Crippen LogP contribution in [0, 0.1) is 63.2 Å². The number of hydrogen-bond donors (Lipinski definition) is 2. The normalized spacial score (nSPS) is 10.6. The lowest BCUT2D eigenvalue weighted by atomic mass is 9.83. The van der Waals surface area contributed by atoms with Gasteiger partial charge in [-0.05, 0) is 237 Å². The number of nitrogens with zero attached hydrogens (tertiary/aromatic N) is 21. The molecule has 119 heavy (non-hydrogen) atoms. The van der Waals surface area contributed by atoms with Gasteiger partial charge in [-0.3, -0.25) is 0 Å². The smallest absolute Gasteiger partial charge is 0.260 e. The zero-order valence-electron chi connectivity index (χ0n) is 64.8. The summed E-state index contributed by atoms with van der Waals surface area (Å²) in [4.78, 5) is 27.2. The van der Waals surface area contributed by atoms with Crippen molar-refractivity contribution in [3.05, 3.63) is 367 Å². The van der Waals surface area contributed by atoms with Gasteiger partial charge in [0.25, 0.3) is 12.3 Å². The molecule has 11 aromatic carbocycles. The Morgan fingerprint density at radius 3 is 1.44 bits per heavy atom. The highest BCUT2D eigenvalue weighted by atomic mass is 32.2. The maximum Gasteiger partial charge on any atom is 0.260 e. The van der Waals surface area contributed by atoms with Crippen LogP contribution in [0.15, 0.2) is 300 Å². The molecule has 0 saturated heterocycles. The van der Waals surface area contributed by atoms with E-state index in [2.05, 4.69) is 156 Å². The molecule has 16 aromatic rings. The molecular weight excluding hydrogens is 1510 g/mol. The molecule has 0 bridgehead atoms. The Balaban J connectivity index is 0.000000137. The van der Waals surface area contributed by atoms with Gasteiger partial charge in [0, 0.05) is 0 Å². The standard InChI is InChI=1S/C23H20N4.C20H17N5.C17H11N5.C16H12N4O.C15H14N4O4S/c1-23(2,14-24)22-10-17(13-27-16-25-15-26-27)9-21(12-22)20-8-7-18-5-3-4-6-19(18)11-20;1-20(2,12-22)19-8-16(11-25-14-23-13-24-25)7-18(9-19)17-5-3-4-15(6-17)10-21;18-8-13-1-3-14(4-2-13)15-5-6-16(9-19)17(7-15)10-22-12-20-11-21-22;1-17-16-7-2-12(9-20-11-18-10-19-20)8-15(16)13-3-5-14(21)6-4-13;16-22-23-24-21-14-6-4-13(5-7-14)20-15-3-1-2-12(8-15)9-19-11-17-10-18-19/h3-12,15-16H,13H2,1-2H3;3-9,13-14H,11H2,1-2H3;1-7,11-12H,10H2;2-8,10-11,21H,9H2;1-8,10-11H,9,16H2. The van der Waals surface area contributed by atoms with Gasteiger partial charge in [0.1, 0.15) is 86.3 Å². The molecule has 5 aromatic heterocycles. The number of fused-ring (bicyclic) bond motifs is 1. The van der Waals surface area contributed by atoms with E-state index in [9.17, 15) is 20.9 Å². The average molecular weight is 1590 g/mol. The monoisotopic (exact) mass is 1590 g/mol. The summed E-state index contributed by atoms with van der Waals surface area (Å²) in [7, 11) is 0. The molecule has 0 aliphatic heterocycles. The molecule has 5 heterocycles. The van der Waals surface area contributed by atoms with Crippen LogP contribution in [0.4, 0.5) is 5.69 Å². The van der Waals surface area contributed by atoms with E-state index < -0.39 is 10.8 Å². The Hall–Kier alpha value is -16.1. The van der Waals surface area contributed by atoms with Crippen molar-refractivity contribution in [3.8, 4) is 97.9 Å². The fourth-order valence-corrected chi connectivity index (χ4v) is 12.5. The lowest BCUT2D eigenvalue weighted by molar-refractivity contribution is -0.199. The molecule has 0 spiro atoms. The highest BCUT2D eigenvalue weighted by molar-refractivity contribution is 7.90. The van der Waals surface area contributed by atoms with Crippen LogP contribution in [-0.4, -0.2) is 78.9 Å². The Labute approximate surface area is 690 Å². The maximum absolute atomic E-state index is 9.62. The number of rotatable bonds is 22. The van der Waals surface area contributed by atoms with Crippen LogP contribution in [0.5, 0.6) is 23.0 Å². The largest absolute Gasteiger partial charge is 0.508 e. The second-order valence-electron chi connectivity index (χ2n) is 27.8. The zero-order valence-corrected chi connectivity index (χ0v) is 65.6. The summed E-state index contributed by atoms with van der Waals surface area (Å²) < 4.78 is 24.0. The summed E-state index contributed by atoms with van der Waals surface area (Å²) in [5.74, 6) is 6.90. The third-order valence-electron chi connectivity index (χ3n) is 18.5. The van der Waals surface area contributed by atoms with Crippen LogP contribution >= 0.6 is 12.3 Å². The van der Waals surface area contributed by atoms with Crippen molar-refractivity contribution >= 4 is 28.8 Å². The van der Waals surface area contributed by atoms with Crippen molar-refractivity contribution in [1.82, 2.24) is 73.8 Å². The summed E-state index contributed by atoms with van der Waals surface area (Å²) in [6, 6.07) is 86.5. The first-order valence-electron chi connectivity index (χ1n) is 36.8. The van der Waals surface area contributed by atoms with Crippen molar-refractivity contribution in [2.75, 3.05) is 0 Å². The van der Waals surface area contributed by atoms with Gasteiger partial charge in [0.05, 0.1) is 97.2 Å². The Kier molecular flexibility index (Phi) is 27.8. The minimum Gasteiger partial charge on any atom is -0.508 e. The molecule has 0 amide bonds. The molecule has 3 N–H and O–H groups in total. The second kappa shape index (κ2) is 40.1. The number of aromatic hydroxyl groups is 1. The average Bonchev–Trinajstić information content (AvgIpc) is 0.970. The van der Waals surface area contributed by atoms with Crippen LogP contribution in [0.1, 0.15) is 83.3 Å². The summed E-state index contributed by atoms with van der Waals surface area (Å²) in [6.07, 6.45) is 15.8. The minimum atomic E-state index is -0.611. The number of aromatic nitrogens is 15. The summed E-state index contributed by atoms with van der Waals surface area (Å²) in [6.45, 7) is 17.9. The fourth-order valence-electron chi connectivity index (χ4n) is 12.3. The highest BCUT2D eigenvalue weighted by Gasteiger charge is 2.24. The molecule has 0 unspecified atom stereocenters. The van der Waals surface area contributed by atoms with Gasteiger partial charge < -0.3 is 14.0 Å². The van der Waals surface area contributed by atoms with Crippen molar-refractivity contribution in [1.29, 1.82) is 26.3 Å². The molecule has 0 aliphatic carbocycles. The van der Waals surface area contributed by atoms with E-state index in [4.69, 9.17) is 31.9 Å². The number of nitriles is 5. The van der Waals surface area contributed by atoms with Crippen LogP contribution < -0.4 is 14.8 Å². The van der Waals surface area contributed by atoms with Crippen LogP contribution in [0.3, 0.4) is 0 Å². The molecule has 27 nitrogen and oxygen atoms in total. The van der Waals surface area contributed by atoms with Crippen LogP contribution in [0.2, 0.25) is 0 Å². The number of benzene rings is 11. The summed E-state index contributed by atoms with van der Waals surface area (Å²) in [5, 5.41) is 78.8. The third kappa shape index (κ3) is 23.1. The number of phenols is 1. The van der Waals surface area contributed by atoms with E-state index in [0.29, 0.717) is 78.9 Å². The number of nitrogens with two attached hydrogens (primary N) is 1. The molecule has 0 saturated carbocycles. The van der Waals surface area contributed by atoms with Crippen molar-refractivity contribution in [3.63, 3.8) is 0 Å². The van der Waals surface area contributed by atoms with E-state index in [-0.39, 0.29) is 5.75 Å². The summed E-state index contributed by atoms with van der Waals surface area (Å²) in [5.41, 5.74) is 16.3. The number of ether oxygens (including phenoxy) is 1. The predicted octanol–water partition coefficient (Wildman–Crippen LogP) is 17.5. The van der Waals surface area contributed by atoms with Gasteiger partial charge in [-0.1, -0.05) is 121 Å². The lowest BCUT2D eigenvalue weighted by Gasteiger charge is -2.19. The molecule has 28 heteroatoms. The molecular formula is C91H74N22O5S. The second-order valence-corrected chi connectivity index (χ2v) is 28.2. The quantitative estimate of drug-likeness (QED) is 0.0209. The first-order valence-corrected chi connectivity index (χ1v) is 37.4. The van der Waals surface area contributed by atoms with Crippen molar-refractivity contribution < 1.29 is 23.3 Å². The number of hydrogen-bond acceptors (Lipinski definition) is 22. The van der Waals surface area contributed by atoms with Gasteiger partial charge in [0.2, 0.25) is 0 Å². The predicted molar refractivity (Wildman–Crippen MR) is 448 cm³/mol. The Morgan fingerprint density at radius 2 is 0.908 bits per heavy atom. The van der Waals surface area contributed by atoms with E-state index >= 15 is 0 Å². The number of phenolic OH excluding ortho intramolecular Hbond substituents is 1. The van der Waals surface area contributed by atoms with E-state index in [1.54, 1.807) is 134 Å². The topological polar surface area (TPSA) is 360 Å². The van der Waals surface area contributed by atoms with Gasteiger partial charge in [-0.2, -0.15) is 57.7 Å².